The molecule has 1 heterocycles. The van der Waals surface area contributed by atoms with Gasteiger partial charge in [0.1, 0.15) is 5.75 Å². The van der Waals surface area contributed by atoms with Crippen LogP contribution in [0.5, 0.6) is 5.75 Å². The Kier molecular flexibility index (Phi) is 4.30. The first kappa shape index (κ1) is 17.5. The van der Waals surface area contributed by atoms with Crippen LogP contribution in [0, 0.1) is 0 Å². The molecule has 0 bridgehead atoms. The van der Waals surface area contributed by atoms with Crippen molar-refractivity contribution in [2.75, 3.05) is 0 Å². The minimum atomic E-state index is -0.162. The summed E-state index contributed by atoms with van der Waals surface area (Å²) in [4.78, 5) is 17.6. The zero-order chi connectivity index (χ0) is 19.8. The zero-order valence-electron chi connectivity index (χ0n) is 15.3. The number of carbonyl (C=O) groups excluding carboxylic acids is 1. The molecule has 0 atom stereocenters. The fourth-order valence-corrected chi connectivity index (χ4v) is 4.28. The molecule has 1 aliphatic rings. The number of nitrogens with one attached hydrogen (secondary N) is 1. The fraction of sp³-hybridized carbons (Fsp3) is 0. The maximum atomic E-state index is 12.6. The molecule has 0 saturated carbocycles. The number of nitrogens with zero attached hydrogens (tertiary/aromatic N) is 1. The zero-order valence-corrected chi connectivity index (χ0v) is 16.1. The first-order chi connectivity index (χ1) is 14.2. The van der Waals surface area contributed by atoms with Gasteiger partial charge in [-0.1, -0.05) is 48.5 Å². The van der Waals surface area contributed by atoms with Crippen molar-refractivity contribution in [2.45, 2.75) is 0 Å². The minimum absolute atomic E-state index is 0.162. The molecule has 4 aromatic carbocycles. The molecule has 1 aliphatic heterocycles. The molecule has 0 spiro atoms. The number of aromatic hydroxyl groups is 1. The van der Waals surface area contributed by atoms with Gasteiger partial charge in [-0.15, -0.1) is 0 Å². The summed E-state index contributed by atoms with van der Waals surface area (Å²) >= 11 is 1.32. The number of rotatable bonds is 2. The van der Waals surface area contributed by atoms with Gasteiger partial charge in [-0.3, -0.25) is 4.79 Å². The van der Waals surface area contributed by atoms with Gasteiger partial charge in [-0.25, -0.2) is 4.99 Å². The second-order valence-corrected chi connectivity index (χ2v) is 7.76. The minimum Gasteiger partial charge on any atom is -0.508 e. The second-order valence-electron chi connectivity index (χ2n) is 6.73. The van der Waals surface area contributed by atoms with E-state index in [1.807, 2.05) is 30.3 Å². The second kappa shape index (κ2) is 7.11. The summed E-state index contributed by atoms with van der Waals surface area (Å²) < 4.78 is 0. The van der Waals surface area contributed by atoms with Gasteiger partial charge in [0.15, 0.2) is 5.17 Å². The van der Waals surface area contributed by atoms with E-state index in [2.05, 4.69) is 40.6 Å². The van der Waals surface area contributed by atoms with Crippen molar-refractivity contribution in [3.63, 3.8) is 0 Å². The number of benzene rings is 4. The number of phenolic OH excluding ortho intramolecular Hbond substituents is 1. The predicted octanol–water partition coefficient (Wildman–Crippen LogP) is 5.59. The van der Waals surface area contributed by atoms with Crippen LogP contribution in [0.3, 0.4) is 0 Å². The molecule has 0 unspecified atom stereocenters. The quantitative estimate of drug-likeness (QED) is 0.343. The van der Waals surface area contributed by atoms with E-state index >= 15 is 0 Å². The van der Waals surface area contributed by atoms with Crippen molar-refractivity contribution in [1.29, 1.82) is 0 Å². The Balaban J connectivity index is 1.60. The Morgan fingerprint density at radius 1 is 0.862 bits per heavy atom. The van der Waals surface area contributed by atoms with Crippen molar-refractivity contribution in [3.05, 3.63) is 89.3 Å². The summed E-state index contributed by atoms with van der Waals surface area (Å²) in [6, 6.07) is 25.1. The topological polar surface area (TPSA) is 61.7 Å². The van der Waals surface area contributed by atoms with Gasteiger partial charge in [0, 0.05) is 0 Å². The smallest absolute Gasteiger partial charge is 0.264 e. The third-order valence-electron chi connectivity index (χ3n) is 4.82. The van der Waals surface area contributed by atoms with E-state index in [9.17, 15) is 9.90 Å². The molecule has 2 N–H and O–H groups in total. The Bertz CT molecular complexity index is 1270. The van der Waals surface area contributed by atoms with Crippen molar-refractivity contribution >= 4 is 56.1 Å². The Morgan fingerprint density at radius 3 is 2.14 bits per heavy atom. The van der Waals surface area contributed by atoms with Gasteiger partial charge < -0.3 is 10.4 Å². The number of amides is 1. The van der Waals surface area contributed by atoms with Crippen molar-refractivity contribution in [2.24, 2.45) is 4.99 Å². The molecule has 5 rings (SSSR count). The molecule has 1 fully saturated rings. The number of aliphatic imine (C=N–C) groups is 1. The van der Waals surface area contributed by atoms with Gasteiger partial charge in [0.2, 0.25) is 0 Å². The van der Waals surface area contributed by atoms with Crippen LogP contribution in [-0.4, -0.2) is 16.2 Å². The number of hydrogen-bond acceptors (Lipinski definition) is 4. The van der Waals surface area contributed by atoms with Crippen LogP contribution in [0.2, 0.25) is 0 Å². The molecule has 0 aromatic heterocycles. The van der Waals surface area contributed by atoms with Crippen molar-refractivity contribution in [1.82, 2.24) is 5.32 Å². The molecular formula is C24H16N2O2S. The maximum absolute atomic E-state index is 12.6. The molecule has 140 valence electrons. The first-order valence-electron chi connectivity index (χ1n) is 9.16. The third kappa shape index (κ3) is 3.37. The molecule has 29 heavy (non-hydrogen) atoms. The van der Waals surface area contributed by atoms with Gasteiger partial charge in [0.25, 0.3) is 5.91 Å². The standard InChI is InChI=1S/C24H16N2O2S/c27-18-11-9-17(10-12-18)25-24-26-23(28)22(29-24)14-21-19-7-3-1-5-15(19)13-16-6-2-4-8-20(16)21/h1-14,27H,(H,25,26,28)/b22-14+. The van der Waals surface area contributed by atoms with E-state index in [1.165, 1.54) is 11.8 Å². The molecule has 5 heteroatoms. The summed E-state index contributed by atoms with van der Waals surface area (Å²) in [5.74, 6) is 0.0185. The van der Waals surface area contributed by atoms with Crippen LogP contribution >= 0.6 is 11.8 Å². The van der Waals surface area contributed by atoms with E-state index in [1.54, 1.807) is 24.3 Å². The normalized spacial score (nSPS) is 16.8. The Hall–Kier alpha value is -3.57. The maximum Gasteiger partial charge on any atom is 0.264 e. The van der Waals surface area contributed by atoms with Gasteiger partial charge in [0.05, 0.1) is 10.6 Å². The fourth-order valence-electron chi connectivity index (χ4n) is 3.46. The summed E-state index contributed by atoms with van der Waals surface area (Å²) in [5.41, 5.74) is 1.70. The lowest BCUT2D eigenvalue weighted by atomic mass is 9.96. The van der Waals surface area contributed by atoms with Crippen LogP contribution < -0.4 is 5.32 Å². The van der Waals surface area contributed by atoms with E-state index in [0.29, 0.717) is 15.8 Å². The monoisotopic (exact) mass is 396 g/mol. The Labute approximate surface area is 171 Å². The van der Waals surface area contributed by atoms with Crippen LogP contribution in [0.15, 0.2) is 88.8 Å². The van der Waals surface area contributed by atoms with Crippen LogP contribution in [0.25, 0.3) is 27.6 Å². The number of phenols is 1. The molecule has 4 aromatic rings. The van der Waals surface area contributed by atoms with E-state index in [-0.39, 0.29) is 11.7 Å². The first-order valence-corrected chi connectivity index (χ1v) is 9.98. The van der Waals surface area contributed by atoms with E-state index in [4.69, 9.17) is 0 Å². The van der Waals surface area contributed by atoms with Crippen molar-refractivity contribution < 1.29 is 9.90 Å². The average molecular weight is 396 g/mol. The van der Waals surface area contributed by atoms with Crippen LogP contribution in [-0.2, 0) is 4.79 Å². The number of fused-ring (bicyclic) bond motifs is 2. The lowest BCUT2D eigenvalue weighted by molar-refractivity contribution is -0.115. The molecule has 0 radical (unpaired) electrons. The molecule has 1 saturated heterocycles. The number of hydrogen-bond donors (Lipinski definition) is 2. The van der Waals surface area contributed by atoms with Gasteiger partial charge in [-0.2, -0.15) is 0 Å². The summed E-state index contributed by atoms with van der Waals surface area (Å²) in [6.45, 7) is 0. The van der Waals surface area contributed by atoms with E-state index in [0.717, 1.165) is 27.1 Å². The third-order valence-corrected chi connectivity index (χ3v) is 5.73. The van der Waals surface area contributed by atoms with Gasteiger partial charge in [-0.05, 0) is 75.3 Å². The summed E-state index contributed by atoms with van der Waals surface area (Å²) in [6.07, 6.45) is 1.95. The summed E-state index contributed by atoms with van der Waals surface area (Å²) in [5, 5.41) is 17.2. The highest BCUT2D eigenvalue weighted by molar-refractivity contribution is 8.18. The van der Waals surface area contributed by atoms with Gasteiger partial charge >= 0.3 is 0 Å². The highest BCUT2D eigenvalue weighted by Crippen LogP contribution is 2.34. The van der Waals surface area contributed by atoms with E-state index < -0.39 is 0 Å². The lowest BCUT2D eigenvalue weighted by Gasteiger charge is -2.08. The number of thioether (sulfide) groups is 1. The number of amidine groups is 1. The largest absolute Gasteiger partial charge is 0.508 e. The highest BCUT2D eigenvalue weighted by Gasteiger charge is 2.24. The highest BCUT2D eigenvalue weighted by atomic mass is 32.2. The molecule has 1 amide bonds. The van der Waals surface area contributed by atoms with Crippen LogP contribution in [0.1, 0.15) is 5.56 Å². The molecule has 4 nitrogen and oxygen atoms in total. The average Bonchev–Trinajstić information content (AvgIpc) is 3.08. The SMILES string of the molecule is O=C1NC(=Nc2ccc(O)cc2)S/C1=C/c1c2ccccc2cc2ccccc12. The van der Waals surface area contributed by atoms with Crippen LogP contribution in [0.4, 0.5) is 5.69 Å². The summed E-state index contributed by atoms with van der Waals surface area (Å²) in [7, 11) is 0. The predicted molar refractivity (Wildman–Crippen MR) is 120 cm³/mol. The number of carbonyl (C=O) groups is 1. The molecular weight excluding hydrogens is 380 g/mol. The molecule has 0 aliphatic carbocycles. The van der Waals surface area contributed by atoms with Crippen molar-refractivity contribution in [3.8, 4) is 5.75 Å². The Morgan fingerprint density at radius 2 is 1.48 bits per heavy atom. The lowest BCUT2D eigenvalue weighted by Crippen LogP contribution is -2.19.